The highest BCUT2D eigenvalue weighted by Crippen LogP contribution is 2.29. The number of nitrogens with two attached hydrogens (primary N) is 1. The monoisotopic (exact) mass is 278 g/mol. The Morgan fingerprint density at radius 3 is 2.56 bits per heavy atom. The standard InChI is InChI=1S/C13H8Cl2N2O/c14-6-1-2-7-8-4-11(16)10(15)5-12(8)17-13(18)9(7)3-6/h1-5H,16H2,(H,17,18). The predicted molar refractivity (Wildman–Crippen MR) is 76.5 cm³/mol. The Labute approximate surface area is 112 Å². The van der Waals surface area contributed by atoms with Gasteiger partial charge in [-0.05, 0) is 29.7 Å². The molecule has 0 radical (unpaired) electrons. The van der Waals surface area contributed by atoms with Gasteiger partial charge in [-0.25, -0.2) is 0 Å². The lowest BCUT2D eigenvalue weighted by Gasteiger charge is -2.06. The van der Waals surface area contributed by atoms with Crippen LogP contribution < -0.4 is 11.3 Å². The molecular formula is C13H8Cl2N2O. The smallest absolute Gasteiger partial charge is 0.256 e. The molecule has 3 N–H and O–H groups in total. The fraction of sp³-hybridized carbons (Fsp3) is 0. The van der Waals surface area contributed by atoms with E-state index in [1.165, 1.54) is 0 Å². The van der Waals surface area contributed by atoms with E-state index in [1.807, 2.05) is 6.07 Å². The van der Waals surface area contributed by atoms with E-state index >= 15 is 0 Å². The minimum absolute atomic E-state index is 0.194. The van der Waals surface area contributed by atoms with Crippen LogP contribution in [0.25, 0.3) is 21.7 Å². The van der Waals surface area contributed by atoms with Gasteiger partial charge in [0.25, 0.3) is 5.56 Å². The van der Waals surface area contributed by atoms with Crippen LogP contribution in [0.1, 0.15) is 0 Å². The molecule has 0 amide bonds. The maximum Gasteiger partial charge on any atom is 0.256 e. The lowest BCUT2D eigenvalue weighted by molar-refractivity contribution is 1.34. The van der Waals surface area contributed by atoms with Crippen LogP contribution in [0.15, 0.2) is 35.1 Å². The second-order valence-electron chi connectivity index (χ2n) is 4.06. The molecular weight excluding hydrogens is 271 g/mol. The van der Waals surface area contributed by atoms with Crippen LogP contribution in [0.4, 0.5) is 5.69 Å². The summed E-state index contributed by atoms with van der Waals surface area (Å²) in [5.74, 6) is 0. The summed E-state index contributed by atoms with van der Waals surface area (Å²) in [5.41, 5.74) is 6.74. The third-order valence-electron chi connectivity index (χ3n) is 2.90. The first-order valence-electron chi connectivity index (χ1n) is 5.26. The Morgan fingerprint density at radius 2 is 1.78 bits per heavy atom. The second kappa shape index (κ2) is 3.90. The maximum atomic E-state index is 12.0. The molecule has 0 aliphatic carbocycles. The number of benzene rings is 2. The number of H-pyrrole nitrogens is 1. The van der Waals surface area contributed by atoms with Crippen LogP contribution in [0.3, 0.4) is 0 Å². The second-order valence-corrected chi connectivity index (χ2v) is 4.91. The molecule has 0 aliphatic rings. The molecule has 5 heteroatoms. The summed E-state index contributed by atoms with van der Waals surface area (Å²) in [4.78, 5) is 14.7. The summed E-state index contributed by atoms with van der Waals surface area (Å²) in [6.07, 6.45) is 0. The van der Waals surface area contributed by atoms with Crippen LogP contribution >= 0.6 is 23.2 Å². The quantitative estimate of drug-likeness (QED) is 0.488. The summed E-state index contributed by atoms with van der Waals surface area (Å²) in [6, 6.07) is 8.60. The zero-order valence-corrected chi connectivity index (χ0v) is 10.6. The molecule has 0 unspecified atom stereocenters. The van der Waals surface area contributed by atoms with Crippen molar-refractivity contribution in [3.8, 4) is 0 Å². The van der Waals surface area contributed by atoms with Crippen molar-refractivity contribution in [3.05, 3.63) is 50.7 Å². The van der Waals surface area contributed by atoms with Gasteiger partial charge in [0.2, 0.25) is 0 Å². The minimum atomic E-state index is -0.194. The highest BCUT2D eigenvalue weighted by molar-refractivity contribution is 6.34. The number of rotatable bonds is 0. The van der Waals surface area contributed by atoms with E-state index in [0.29, 0.717) is 26.6 Å². The fourth-order valence-electron chi connectivity index (χ4n) is 2.05. The van der Waals surface area contributed by atoms with Gasteiger partial charge in [0.1, 0.15) is 0 Å². The Kier molecular flexibility index (Phi) is 2.47. The third-order valence-corrected chi connectivity index (χ3v) is 3.46. The number of nitrogen functional groups attached to an aromatic ring is 1. The Balaban J connectivity index is 2.60. The van der Waals surface area contributed by atoms with Gasteiger partial charge in [-0.2, -0.15) is 0 Å². The zero-order chi connectivity index (χ0) is 12.9. The van der Waals surface area contributed by atoms with E-state index in [4.69, 9.17) is 28.9 Å². The summed E-state index contributed by atoms with van der Waals surface area (Å²) < 4.78 is 0. The van der Waals surface area contributed by atoms with Crippen LogP contribution in [0.2, 0.25) is 10.0 Å². The lowest BCUT2D eigenvalue weighted by atomic mass is 10.1. The van der Waals surface area contributed by atoms with Gasteiger partial charge in [-0.1, -0.05) is 29.3 Å². The van der Waals surface area contributed by atoms with Crippen molar-refractivity contribution in [2.24, 2.45) is 0 Å². The lowest BCUT2D eigenvalue weighted by Crippen LogP contribution is -2.06. The van der Waals surface area contributed by atoms with Crippen molar-refractivity contribution < 1.29 is 0 Å². The summed E-state index contributed by atoms with van der Waals surface area (Å²) in [7, 11) is 0. The molecule has 3 rings (SSSR count). The van der Waals surface area contributed by atoms with Gasteiger partial charge < -0.3 is 10.7 Å². The first kappa shape index (κ1) is 11.4. The number of hydrogen-bond donors (Lipinski definition) is 2. The SMILES string of the molecule is Nc1cc2c(cc1Cl)[nH]c(=O)c1cc(Cl)ccc12. The minimum Gasteiger partial charge on any atom is -0.398 e. The molecule has 0 bridgehead atoms. The maximum absolute atomic E-state index is 12.0. The zero-order valence-electron chi connectivity index (χ0n) is 9.13. The van der Waals surface area contributed by atoms with E-state index in [1.54, 1.807) is 24.3 Å². The third kappa shape index (κ3) is 1.64. The Morgan fingerprint density at radius 1 is 1.00 bits per heavy atom. The molecule has 90 valence electrons. The Bertz CT molecular complexity index is 840. The molecule has 3 nitrogen and oxygen atoms in total. The van der Waals surface area contributed by atoms with Crippen LogP contribution in [-0.2, 0) is 0 Å². The molecule has 1 aromatic heterocycles. The van der Waals surface area contributed by atoms with Crippen LogP contribution in [0, 0.1) is 0 Å². The topological polar surface area (TPSA) is 58.9 Å². The summed E-state index contributed by atoms with van der Waals surface area (Å²) >= 11 is 11.8. The Hall–Kier alpha value is -1.71. The molecule has 1 heterocycles. The van der Waals surface area contributed by atoms with Crippen molar-refractivity contribution in [1.29, 1.82) is 0 Å². The predicted octanol–water partition coefficient (Wildman–Crippen LogP) is 3.57. The number of aromatic amines is 1. The van der Waals surface area contributed by atoms with Gasteiger partial charge in [-0.15, -0.1) is 0 Å². The normalized spacial score (nSPS) is 11.2. The molecule has 2 aromatic carbocycles. The van der Waals surface area contributed by atoms with Gasteiger partial charge >= 0.3 is 0 Å². The van der Waals surface area contributed by atoms with Gasteiger partial charge in [0.05, 0.1) is 16.2 Å². The number of hydrogen-bond acceptors (Lipinski definition) is 2. The van der Waals surface area contributed by atoms with E-state index in [9.17, 15) is 4.79 Å². The van der Waals surface area contributed by atoms with E-state index in [2.05, 4.69) is 4.98 Å². The fourth-order valence-corrected chi connectivity index (χ4v) is 2.38. The van der Waals surface area contributed by atoms with Gasteiger partial charge in [0.15, 0.2) is 0 Å². The average Bonchev–Trinajstić information content (AvgIpc) is 2.32. The average molecular weight is 279 g/mol. The molecule has 3 aromatic rings. The van der Waals surface area contributed by atoms with Crippen molar-refractivity contribution in [1.82, 2.24) is 4.98 Å². The van der Waals surface area contributed by atoms with Gasteiger partial charge in [-0.3, -0.25) is 4.79 Å². The summed E-state index contributed by atoms with van der Waals surface area (Å²) in [6.45, 7) is 0. The van der Waals surface area contributed by atoms with Crippen molar-refractivity contribution in [2.45, 2.75) is 0 Å². The largest absolute Gasteiger partial charge is 0.398 e. The van der Waals surface area contributed by atoms with Crippen molar-refractivity contribution in [3.63, 3.8) is 0 Å². The van der Waals surface area contributed by atoms with E-state index in [0.717, 1.165) is 10.8 Å². The number of anilines is 1. The summed E-state index contributed by atoms with van der Waals surface area (Å²) in [5, 5.41) is 3.14. The highest BCUT2D eigenvalue weighted by atomic mass is 35.5. The first-order valence-corrected chi connectivity index (χ1v) is 6.02. The van der Waals surface area contributed by atoms with E-state index in [-0.39, 0.29) is 5.56 Å². The molecule has 0 atom stereocenters. The first-order chi connectivity index (χ1) is 8.56. The van der Waals surface area contributed by atoms with Gasteiger partial charge in [0, 0.05) is 15.8 Å². The highest BCUT2D eigenvalue weighted by Gasteiger charge is 2.08. The van der Waals surface area contributed by atoms with Crippen molar-refractivity contribution >= 4 is 50.6 Å². The van der Waals surface area contributed by atoms with Crippen molar-refractivity contribution in [2.75, 3.05) is 5.73 Å². The molecule has 18 heavy (non-hydrogen) atoms. The number of fused-ring (bicyclic) bond motifs is 3. The number of aromatic nitrogens is 1. The van der Waals surface area contributed by atoms with Crippen LogP contribution in [0.5, 0.6) is 0 Å². The molecule has 0 fully saturated rings. The molecule has 0 aliphatic heterocycles. The van der Waals surface area contributed by atoms with Crippen LogP contribution in [-0.4, -0.2) is 4.98 Å². The molecule has 0 saturated heterocycles. The van der Waals surface area contributed by atoms with E-state index < -0.39 is 0 Å². The molecule has 0 saturated carbocycles. The molecule has 0 spiro atoms. The number of halogens is 2. The number of pyridine rings is 1. The number of nitrogens with one attached hydrogen (secondary N) is 1.